The summed E-state index contributed by atoms with van der Waals surface area (Å²) in [6.07, 6.45) is -1.01. The van der Waals surface area contributed by atoms with Gasteiger partial charge in [0.05, 0.1) is 31.9 Å². The first-order chi connectivity index (χ1) is 8.46. The Bertz CT molecular complexity index is 239. The Morgan fingerprint density at radius 3 is 2.22 bits per heavy atom. The molecular weight excluding hydrogens is 240 g/mol. The predicted octanol–water partition coefficient (Wildman–Crippen LogP) is -1.96. The van der Waals surface area contributed by atoms with Crippen molar-refractivity contribution in [3.05, 3.63) is 0 Å². The fourth-order valence-electron chi connectivity index (χ4n) is 1.68. The Labute approximate surface area is 107 Å². The summed E-state index contributed by atoms with van der Waals surface area (Å²) in [6.45, 7) is 2.81. The van der Waals surface area contributed by atoms with Gasteiger partial charge >= 0.3 is 5.97 Å². The van der Waals surface area contributed by atoms with E-state index in [4.69, 9.17) is 15.3 Å². The molecule has 0 aliphatic rings. The zero-order valence-corrected chi connectivity index (χ0v) is 11.0. The Kier molecular flexibility index (Phi) is 8.86. The van der Waals surface area contributed by atoms with Gasteiger partial charge in [-0.3, -0.25) is 14.6 Å². The van der Waals surface area contributed by atoms with E-state index in [0.717, 1.165) is 0 Å². The van der Waals surface area contributed by atoms with E-state index in [1.54, 1.807) is 16.8 Å². The first-order valence-corrected chi connectivity index (χ1v) is 6.00. The number of rotatable bonds is 10. The zero-order chi connectivity index (χ0) is 14.1. The molecule has 0 radical (unpaired) electrons. The quantitative estimate of drug-likeness (QED) is 0.363. The molecule has 0 spiro atoms. The number of hydrogen-bond donors (Lipinski definition) is 4. The fraction of sp³-hybridized carbons (Fsp3) is 0.909. The molecule has 0 aromatic rings. The minimum atomic E-state index is -1.01. The standard InChI is InChI=1S/C11H24N2O5/c1-3-13(6-11(17)18)5-4-12(2)9(7-14)10(16)8-15/h9-10,14-16H,3-8H2,1-2H3,(H,17,18)/t9-,10-/m1/s1. The van der Waals surface area contributed by atoms with Crippen LogP contribution in [0.3, 0.4) is 0 Å². The highest BCUT2D eigenvalue weighted by molar-refractivity contribution is 5.69. The summed E-state index contributed by atoms with van der Waals surface area (Å²) in [7, 11) is 1.72. The van der Waals surface area contributed by atoms with Crippen LogP contribution in [0.4, 0.5) is 0 Å². The van der Waals surface area contributed by atoms with E-state index in [-0.39, 0.29) is 13.2 Å². The van der Waals surface area contributed by atoms with E-state index >= 15 is 0 Å². The summed E-state index contributed by atoms with van der Waals surface area (Å²) in [5, 5.41) is 36.2. The van der Waals surface area contributed by atoms with Crippen molar-refractivity contribution in [1.82, 2.24) is 9.80 Å². The van der Waals surface area contributed by atoms with E-state index in [1.165, 1.54) is 0 Å². The van der Waals surface area contributed by atoms with Gasteiger partial charge < -0.3 is 20.4 Å². The number of likely N-dealkylation sites (N-methyl/N-ethyl adjacent to an activating group) is 2. The van der Waals surface area contributed by atoms with E-state index in [9.17, 15) is 9.90 Å². The van der Waals surface area contributed by atoms with Crippen molar-refractivity contribution >= 4 is 5.97 Å². The number of carboxylic acid groups (broad SMARTS) is 1. The third-order valence-corrected chi connectivity index (χ3v) is 2.96. The lowest BCUT2D eigenvalue weighted by Gasteiger charge is -2.31. The van der Waals surface area contributed by atoms with Crippen molar-refractivity contribution in [2.45, 2.75) is 19.1 Å². The van der Waals surface area contributed by atoms with Crippen LogP contribution in [0.2, 0.25) is 0 Å². The van der Waals surface area contributed by atoms with Crippen LogP contribution in [-0.2, 0) is 4.79 Å². The number of carbonyl (C=O) groups is 1. The largest absolute Gasteiger partial charge is 0.480 e. The summed E-state index contributed by atoms with van der Waals surface area (Å²) < 4.78 is 0. The summed E-state index contributed by atoms with van der Waals surface area (Å²) in [5.41, 5.74) is 0. The second-order valence-electron chi connectivity index (χ2n) is 4.24. The molecule has 0 aliphatic carbocycles. The van der Waals surface area contributed by atoms with Gasteiger partial charge in [0.2, 0.25) is 0 Å². The minimum Gasteiger partial charge on any atom is -0.480 e. The smallest absolute Gasteiger partial charge is 0.317 e. The SMILES string of the molecule is CCN(CCN(C)[C@H](CO)[C@H](O)CO)CC(=O)O. The Morgan fingerprint density at radius 2 is 1.83 bits per heavy atom. The molecule has 0 bridgehead atoms. The molecule has 0 aromatic carbocycles. The molecule has 0 unspecified atom stereocenters. The first-order valence-electron chi connectivity index (χ1n) is 6.00. The molecule has 0 aliphatic heterocycles. The third kappa shape index (κ3) is 6.27. The maximum atomic E-state index is 10.6. The summed E-state index contributed by atoms with van der Waals surface area (Å²) >= 11 is 0. The summed E-state index contributed by atoms with van der Waals surface area (Å²) in [4.78, 5) is 14.1. The van der Waals surface area contributed by atoms with Gasteiger partial charge in [-0.25, -0.2) is 0 Å². The number of aliphatic hydroxyl groups excluding tert-OH is 3. The Balaban J connectivity index is 4.19. The highest BCUT2D eigenvalue weighted by Gasteiger charge is 2.22. The van der Waals surface area contributed by atoms with E-state index in [0.29, 0.717) is 19.6 Å². The fourth-order valence-corrected chi connectivity index (χ4v) is 1.68. The van der Waals surface area contributed by atoms with Crippen LogP contribution >= 0.6 is 0 Å². The molecule has 0 rings (SSSR count). The summed E-state index contributed by atoms with van der Waals surface area (Å²) in [6, 6.07) is -0.543. The van der Waals surface area contributed by atoms with Gasteiger partial charge in [0.1, 0.15) is 0 Å². The van der Waals surface area contributed by atoms with Gasteiger partial charge in [0.25, 0.3) is 0 Å². The van der Waals surface area contributed by atoms with Gasteiger partial charge in [0.15, 0.2) is 0 Å². The maximum absolute atomic E-state index is 10.6. The molecule has 0 saturated heterocycles. The molecule has 0 fully saturated rings. The van der Waals surface area contributed by atoms with Crippen molar-refractivity contribution < 1.29 is 25.2 Å². The number of hydrogen-bond acceptors (Lipinski definition) is 6. The van der Waals surface area contributed by atoms with Crippen molar-refractivity contribution in [2.24, 2.45) is 0 Å². The molecule has 0 heterocycles. The lowest BCUT2D eigenvalue weighted by atomic mass is 10.1. The van der Waals surface area contributed by atoms with Gasteiger partial charge in [-0.05, 0) is 13.6 Å². The van der Waals surface area contributed by atoms with Crippen molar-refractivity contribution in [2.75, 3.05) is 46.4 Å². The van der Waals surface area contributed by atoms with Gasteiger partial charge in [-0.1, -0.05) is 6.92 Å². The zero-order valence-electron chi connectivity index (χ0n) is 11.0. The van der Waals surface area contributed by atoms with Crippen LogP contribution in [0.5, 0.6) is 0 Å². The van der Waals surface area contributed by atoms with E-state index in [1.807, 2.05) is 6.92 Å². The molecule has 0 aromatic heterocycles. The Morgan fingerprint density at radius 1 is 1.22 bits per heavy atom. The van der Waals surface area contributed by atoms with Crippen LogP contribution in [0.1, 0.15) is 6.92 Å². The number of nitrogens with zero attached hydrogens (tertiary/aromatic N) is 2. The van der Waals surface area contributed by atoms with Crippen molar-refractivity contribution in [3.8, 4) is 0 Å². The molecule has 7 nitrogen and oxygen atoms in total. The molecule has 7 heteroatoms. The number of aliphatic hydroxyl groups is 3. The molecule has 2 atom stereocenters. The highest BCUT2D eigenvalue weighted by Crippen LogP contribution is 2.02. The molecular formula is C11H24N2O5. The second-order valence-corrected chi connectivity index (χ2v) is 4.24. The lowest BCUT2D eigenvalue weighted by Crippen LogP contribution is -2.48. The van der Waals surface area contributed by atoms with Gasteiger partial charge in [-0.15, -0.1) is 0 Å². The topological polar surface area (TPSA) is 104 Å². The summed E-state index contributed by atoms with van der Waals surface area (Å²) in [5.74, 6) is -0.881. The second kappa shape index (κ2) is 9.23. The average molecular weight is 264 g/mol. The van der Waals surface area contributed by atoms with Crippen LogP contribution in [0.15, 0.2) is 0 Å². The average Bonchev–Trinajstić information content (AvgIpc) is 2.34. The molecule has 0 amide bonds. The Hall–Kier alpha value is -0.730. The van der Waals surface area contributed by atoms with Gasteiger partial charge in [-0.2, -0.15) is 0 Å². The third-order valence-electron chi connectivity index (χ3n) is 2.96. The molecule has 4 N–H and O–H groups in total. The normalized spacial score (nSPS) is 15.1. The predicted molar refractivity (Wildman–Crippen MR) is 66.3 cm³/mol. The van der Waals surface area contributed by atoms with E-state index < -0.39 is 24.7 Å². The van der Waals surface area contributed by atoms with E-state index in [2.05, 4.69) is 0 Å². The first kappa shape index (κ1) is 17.3. The van der Waals surface area contributed by atoms with Crippen LogP contribution < -0.4 is 0 Å². The van der Waals surface area contributed by atoms with Crippen molar-refractivity contribution in [1.29, 1.82) is 0 Å². The van der Waals surface area contributed by atoms with Crippen LogP contribution in [-0.4, -0.2) is 94.8 Å². The number of aliphatic carboxylic acids is 1. The minimum absolute atomic E-state index is 0.0311. The monoisotopic (exact) mass is 264 g/mol. The highest BCUT2D eigenvalue weighted by atomic mass is 16.4. The van der Waals surface area contributed by atoms with Crippen LogP contribution in [0, 0.1) is 0 Å². The molecule has 18 heavy (non-hydrogen) atoms. The number of carboxylic acids is 1. The van der Waals surface area contributed by atoms with Crippen molar-refractivity contribution in [3.63, 3.8) is 0 Å². The molecule has 0 saturated carbocycles. The lowest BCUT2D eigenvalue weighted by molar-refractivity contribution is -0.138. The van der Waals surface area contributed by atoms with Crippen LogP contribution in [0.25, 0.3) is 0 Å². The maximum Gasteiger partial charge on any atom is 0.317 e. The molecule has 108 valence electrons. The van der Waals surface area contributed by atoms with Gasteiger partial charge in [0, 0.05) is 13.1 Å².